The molecule has 1 aromatic heterocycles. The number of anilines is 1. The summed E-state index contributed by atoms with van der Waals surface area (Å²) in [6.45, 7) is 4.12. The van der Waals surface area contributed by atoms with Crippen molar-refractivity contribution in [2.45, 2.75) is 19.0 Å². The van der Waals surface area contributed by atoms with Crippen LogP contribution in [0.25, 0.3) is 28.2 Å². The highest BCUT2D eigenvalue weighted by atomic mass is 32.2. The molecule has 6 heteroatoms. The van der Waals surface area contributed by atoms with E-state index in [0.29, 0.717) is 5.16 Å². The Morgan fingerprint density at radius 3 is 2.28 bits per heavy atom. The molecular formula is C30H26N4OS. The molecule has 0 saturated heterocycles. The summed E-state index contributed by atoms with van der Waals surface area (Å²) in [7, 11) is 0. The zero-order chi connectivity index (χ0) is 24.9. The lowest BCUT2D eigenvalue weighted by molar-refractivity contribution is -0.113. The van der Waals surface area contributed by atoms with Crippen molar-refractivity contribution in [2.75, 3.05) is 11.1 Å². The molecule has 0 spiro atoms. The molecule has 36 heavy (non-hydrogen) atoms. The van der Waals surface area contributed by atoms with Crippen LogP contribution in [0.2, 0.25) is 0 Å². The molecule has 0 saturated carbocycles. The van der Waals surface area contributed by atoms with Gasteiger partial charge < -0.3 is 5.32 Å². The minimum Gasteiger partial charge on any atom is -0.325 e. The number of para-hydroxylation sites is 1. The standard InChI is InChI=1S/C30H26N4OS/c1-21-15-17-25(18-16-21)34-29(24-12-8-9-22(2)19-24)32-33-30(34)36-20-28(35)31-27-14-7-6-13-26(27)23-10-4-3-5-11-23/h3-19H,20H2,1-2H3,(H,31,35). The lowest BCUT2D eigenvalue weighted by atomic mass is 10.0. The zero-order valence-corrected chi connectivity index (χ0v) is 21.0. The molecular weight excluding hydrogens is 464 g/mol. The number of thioether (sulfide) groups is 1. The predicted octanol–water partition coefficient (Wildman–Crippen LogP) is 6.95. The average Bonchev–Trinajstić information content (AvgIpc) is 3.33. The lowest BCUT2D eigenvalue weighted by Crippen LogP contribution is -2.15. The molecule has 0 aliphatic carbocycles. The Bertz CT molecular complexity index is 1490. The van der Waals surface area contributed by atoms with Crippen molar-refractivity contribution in [2.24, 2.45) is 0 Å². The molecule has 0 unspecified atom stereocenters. The smallest absolute Gasteiger partial charge is 0.234 e. The fraction of sp³-hybridized carbons (Fsp3) is 0.100. The van der Waals surface area contributed by atoms with Crippen LogP contribution >= 0.6 is 11.8 Å². The number of benzene rings is 4. The second-order valence-corrected chi connectivity index (χ2v) is 9.54. The molecule has 5 rings (SSSR count). The van der Waals surface area contributed by atoms with Gasteiger partial charge in [-0.1, -0.05) is 102 Å². The molecule has 5 nitrogen and oxygen atoms in total. The number of aryl methyl sites for hydroxylation is 2. The quantitative estimate of drug-likeness (QED) is 0.251. The van der Waals surface area contributed by atoms with E-state index in [-0.39, 0.29) is 11.7 Å². The molecule has 0 aliphatic heterocycles. The Morgan fingerprint density at radius 2 is 1.50 bits per heavy atom. The summed E-state index contributed by atoms with van der Waals surface area (Å²) in [5.74, 6) is 0.861. The first-order valence-corrected chi connectivity index (χ1v) is 12.7. The molecule has 5 aromatic rings. The fourth-order valence-corrected chi connectivity index (χ4v) is 4.79. The van der Waals surface area contributed by atoms with Gasteiger partial charge in [0.05, 0.1) is 5.75 Å². The van der Waals surface area contributed by atoms with E-state index in [2.05, 4.69) is 65.8 Å². The van der Waals surface area contributed by atoms with E-state index in [1.165, 1.54) is 17.3 Å². The van der Waals surface area contributed by atoms with E-state index in [0.717, 1.165) is 39.5 Å². The normalized spacial score (nSPS) is 10.8. The van der Waals surface area contributed by atoms with Crippen LogP contribution in [-0.2, 0) is 4.79 Å². The predicted molar refractivity (Wildman–Crippen MR) is 148 cm³/mol. The van der Waals surface area contributed by atoms with Crippen LogP contribution in [0.4, 0.5) is 5.69 Å². The number of aromatic nitrogens is 3. The lowest BCUT2D eigenvalue weighted by Gasteiger charge is -2.12. The molecule has 0 radical (unpaired) electrons. The zero-order valence-electron chi connectivity index (χ0n) is 20.2. The van der Waals surface area contributed by atoms with Crippen LogP contribution in [0.3, 0.4) is 0 Å². The summed E-state index contributed by atoms with van der Waals surface area (Å²) in [5, 5.41) is 12.7. The molecule has 0 bridgehead atoms. The van der Waals surface area contributed by atoms with Gasteiger partial charge in [-0.3, -0.25) is 9.36 Å². The van der Waals surface area contributed by atoms with E-state index in [9.17, 15) is 4.79 Å². The molecule has 1 amide bonds. The van der Waals surface area contributed by atoms with Crippen LogP contribution in [0.15, 0.2) is 108 Å². The van der Waals surface area contributed by atoms with Gasteiger partial charge in [0.2, 0.25) is 5.91 Å². The topological polar surface area (TPSA) is 59.8 Å². The highest BCUT2D eigenvalue weighted by molar-refractivity contribution is 7.99. The Hall–Kier alpha value is -4.16. The highest BCUT2D eigenvalue weighted by Crippen LogP contribution is 2.30. The molecule has 178 valence electrons. The van der Waals surface area contributed by atoms with Crippen molar-refractivity contribution in [3.63, 3.8) is 0 Å². The largest absolute Gasteiger partial charge is 0.325 e. The van der Waals surface area contributed by atoms with E-state index in [1.807, 2.05) is 71.3 Å². The van der Waals surface area contributed by atoms with Gasteiger partial charge in [0.1, 0.15) is 0 Å². The van der Waals surface area contributed by atoms with Crippen molar-refractivity contribution >= 4 is 23.4 Å². The van der Waals surface area contributed by atoms with E-state index < -0.39 is 0 Å². The SMILES string of the molecule is Cc1ccc(-n2c(SCC(=O)Nc3ccccc3-c3ccccc3)nnc2-c2cccc(C)c2)cc1. The third-order valence-corrected chi connectivity index (χ3v) is 6.75. The molecule has 0 fully saturated rings. The second kappa shape index (κ2) is 10.6. The molecule has 0 atom stereocenters. The van der Waals surface area contributed by atoms with E-state index in [1.54, 1.807) is 0 Å². The molecule has 1 heterocycles. The van der Waals surface area contributed by atoms with Gasteiger partial charge in [-0.15, -0.1) is 10.2 Å². The first kappa shape index (κ1) is 23.6. The van der Waals surface area contributed by atoms with Gasteiger partial charge >= 0.3 is 0 Å². The summed E-state index contributed by atoms with van der Waals surface area (Å²) >= 11 is 1.37. The Balaban J connectivity index is 1.40. The minimum absolute atomic E-state index is 0.0982. The Morgan fingerprint density at radius 1 is 0.778 bits per heavy atom. The van der Waals surface area contributed by atoms with Gasteiger partial charge in [0, 0.05) is 22.5 Å². The van der Waals surface area contributed by atoms with Crippen LogP contribution in [0.5, 0.6) is 0 Å². The first-order chi connectivity index (χ1) is 17.6. The van der Waals surface area contributed by atoms with Crippen molar-refractivity contribution in [3.8, 4) is 28.2 Å². The van der Waals surface area contributed by atoms with Crippen molar-refractivity contribution < 1.29 is 4.79 Å². The van der Waals surface area contributed by atoms with Gasteiger partial charge in [-0.2, -0.15) is 0 Å². The van der Waals surface area contributed by atoms with Gasteiger partial charge in [-0.25, -0.2) is 0 Å². The maximum Gasteiger partial charge on any atom is 0.234 e. The summed E-state index contributed by atoms with van der Waals surface area (Å²) < 4.78 is 2.02. The van der Waals surface area contributed by atoms with Crippen molar-refractivity contribution in [1.29, 1.82) is 0 Å². The Kier molecular flexibility index (Phi) is 6.96. The first-order valence-electron chi connectivity index (χ1n) is 11.7. The summed E-state index contributed by atoms with van der Waals surface area (Å²) in [4.78, 5) is 13.0. The van der Waals surface area contributed by atoms with Gasteiger partial charge in [0.25, 0.3) is 0 Å². The molecule has 1 N–H and O–H groups in total. The van der Waals surface area contributed by atoms with Gasteiger partial charge in [0.15, 0.2) is 11.0 Å². The number of carbonyl (C=O) groups is 1. The van der Waals surface area contributed by atoms with Crippen LogP contribution in [0, 0.1) is 13.8 Å². The summed E-state index contributed by atoms with van der Waals surface area (Å²) in [6, 6.07) is 34.3. The highest BCUT2D eigenvalue weighted by Gasteiger charge is 2.18. The molecule has 0 aliphatic rings. The summed E-state index contributed by atoms with van der Waals surface area (Å²) in [5.41, 5.74) is 7.10. The number of rotatable bonds is 7. The third kappa shape index (κ3) is 5.24. The summed E-state index contributed by atoms with van der Waals surface area (Å²) in [6.07, 6.45) is 0. The number of hydrogen-bond acceptors (Lipinski definition) is 4. The Labute approximate surface area is 215 Å². The number of hydrogen-bond donors (Lipinski definition) is 1. The maximum atomic E-state index is 13.0. The third-order valence-electron chi connectivity index (χ3n) is 5.82. The maximum absolute atomic E-state index is 13.0. The van der Waals surface area contributed by atoms with Crippen LogP contribution in [-0.4, -0.2) is 26.4 Å². The fourth-order valence-electron chi connectivity index (χ4n) is 4.04. The average molecular weight is 491 g/mol. The second-order valence-electron chi connectivity index (χ2n) is 8.60. The van der Waals surface area contributed by atoms with Crippen LogP contribution < -0.4 is 5.32 Å². The van der Waals surface area contributed by atoms with E-state index >= 15 is 0 Å². The van der Waals surface area contributed by atoms with Crippen LogP contribution in [0.1, 0.15) is 11.1 Å². The number of carbonyl (C=O) groups excluding carboxylic acids is 1. The van der Waals surface area contributed by atoms with Gasteiger partial charge in [-0.05, 0) is 43.7 Å². The number of nitrogens with one attached hydrogen (secondary N) is 1. The van der Waals surface area contributed by atoms with Crippen molar-refractivity contribution in [3.05, 3.63) is 114 Å². The monoisotopic (exact) mass is 490 g/mol. The molecule has 4 aromatic carbocycles. The van der Waals surface area contributed by atoms with E-state index in [4.69, 9.17) is 0 Å². The minimum atomic E-state index is -0.0982. The van der Waals surface area contributed by atoms with Crippen molar-refractivity contribution in [1.82, 2.24) is 14.8 Å². The number of amides is 1. The number of nitrogens with zero attached hydrogens (tertiary/aromatic N) is 3.